The summed E-state index contributed by atoms with van der Waals surface area (Å²) in [5.41, 5.74) is 1.04. The number of halogens is 3. The smallest absolute Gasteiger partial charge is 0.409 e. The van der Waals surface area contributed by atoms with Crippen LogP contribution in [0.15, 0.2) is 24.3 Å². The minimum atomic E-state index is -4.49. The lowest BCUT2D eigenvalue weighted by Crippen LogP contribution is -2.43. The first-order chi connectivity index (χ1) is 15.2. The van der Waals surface area contributed by atoms with Crippen molar-refractivity contribution in [1.82, 2.24) is 25.0 Å². The first kappa shape index (κ1) is 20.4. The molecule has 2 aliphatic rings. The number of nitrogens with one attached hydrogen (secondary N) is 1. The maximum atomic E-state index is 13.1. The normalized spacial score (nSPS) is 20.7. The summed E-state index contributed by atoms with van der Waals surface area (Å²) < 4.78 is 45.8. The Morgan fingerprint density at radius 1 is 1.16 bits per heavy atom. The van der Waals surface area contributed by atoms with Crippen molar-refractivity contribution >= 4 is 28.8 Å². The highest BCUT2D eigenvalue weighted by atomic mass is 19.4. The molecule has 4 heterocycles. The molecule has 5 rings (SSSR count). The van der Waals surface area contributed by atoms with Gasteiger partial charge in [0.1, 0.15) is 6.54 Å². The molecule has 0 spiro atoms. The molecule has 2 saturated heterocycles. The molecular weight excluding hydrogens is 431 g/mol. The van der Waals surface area contributed by atoms with Crippen LogP contribution in [0.3, 0.4) is 0 Å². The summed E-state index contributed by atoms with van der Waals surface area (Å²) in [6, 6.07) is 6.24. The molecule has 0 saturated carbocycles. The fourth-order valence-electron chi connectivity index (χ4n) is 4.08. The van der Waals surface area contributed by atoms with Crippen LogP contribution in [0.2, 0.25) is 0 Å². The van der Waals surface area contributed by atoms with Crippen molar-refractivity contribution in [3.8, 4) is 11.4 Å². The van der Waals surface area contributed by atoms with Gasteiger partial charge >= 0.3 is 12.3 Å². The third-order valence-corrected chi connectivity index (χ3v) is 5.41. The zero-order valence-electron chi connectivity index (χ0n) is 16.6. The average Bonchev–Trinajstić information content (AvgIpc) is 3.28. The van der Waals surface area contributed by atoms with Crippen molar-refractivity contribution in [3.05, 3.63) is 24.3 Å². The Morgan fingerprint density at radius 2 is 1.84 bits per heavy atom. The van der Waals surface area contributed by atoms with E-state index in [-0.39, 0.29) is 29.2 Å². The van der Waals surface area contributed by atoms with E-state index in [0.717, 1.165) is 17.5 Å². The predicted octanol–water partition coefficient (Wildman–Crippen LogP) is 2.91. The number of hydrogen-bond acceptors (Lipinski definition) is 7. The van der Waals surface area contributed by atoms with Crippen molar-refractivity contribution in [2.75, 3.05) is 23.3 Å². The highest BCUT2D eigenvalue weighted by Crippen LogP contribution is 2.33. The average molecular weight is 449 g/mol. The maximum Gasteiger partial charge on any atom is 0.409 e. The van der Waals surface area contributed by atoms with Gasteiger partial charge in [-0.3, -0.25) is 5.32 Å². The van der Waals surface area contributed by atoms with E-state index < -0.39 is 18.8 Å². The molecule has 32 heavy (non-hydrogen) atoms. The third-order valence-electron chi connectivity index (χ3n) is 5.41. The van der Waals surface area contributed by atoms with Crippen molar-refractivity contribution in [2.24, 2.45) is 0 Å². The first-order valence-electron chi connectivity index (χ1n) is 9.94. The second-order valence-corrected chi connectivity index (χ2v) is 7.78. The van der Waals surface area contributed by atoms with E-state index in [0.29, 0.717) is 30.2 Å². The largest absolute Gasteiger partial charge is 0.465 e. The number of aromatic nitrogens is 5. The van der Waals surface area contributed by atoms with Crippen molar-refractivity contribution in [1.29, 1.82) is 0 Å². The third kappa shape index (κ3) is 4.02. The van der Waals surface area contributed by atoms with Gasteiger partial charge in [0.25, 0.3) is 0 Å². The first-order valence-corrected chi connectivity index (χ1v) is 9.94. The van der Waals surface area contributed by atoms with Crippen LogP contribution in [0.4, 0.5) is 29.5 Å². The fraction of sp³-hybridized carbons (Fsp3) is 0.421. The van der Waals surface area contributed by atoms with E-state index in [1.165, 1.54) is 12.1 Å². The summed E-state index contributed by atoms with van der Waals surface area (Å²) in [4.78, 5) is 21.7. The zero-order valence-corrected chi connectivity index (χ0v) is 16.6. The molecule has 2 fully saturated rings. The Morgan fingerprint density at radius 3 is 2.47 bits per heavy atom. The van der Waals surface area contributed by atoms with Gasteiger partial charge in [-0.05, 0) is 37.1 Å². The number of nitrogens with zero attached hydrogens (tertiary/aromatic N) is 6. The van der Waals surface area contributed by atoms with Gasteiger partial charge in [-0.15, -0.1) is 5.10 Å². The molecule has 2 unspecified atom stereocenters. The number of anilines is 2. The van der Waals surface area contributed by atoms with E-state index in [4.69, 9.17) is 9.84 Å². The number of ether oxygens (including phenoxy) is 1. The second-order valence-electron chi connectivity index (χ2n) is 7.78. The highest BCUT2D eigenvalue weighted by molar-refractivity contribution is 5.86. The number of hydrogen-bond donors (Lipinski definition) is 2. The van der Waals surface area contributed by atoms with Gasteiger partial charge in [0.2, 0.25) is 0 Å². The van der Waals surface area contributed by atoms with Crippen molar-refractivity contribution < 1.29 is 27.8 Å². The second kappa shape index (κ2) is 7.58. The van der Waals surface area contributed by atoms with Crippen LogP contribution >= 0.6 is 0 Å². The Balaban J connectivity index is 1.59. The summed E-state index contributed by atoms with van der Waals surface area (Å²) in [6.07, 6.45) is -3.79. The minimum absolute atomic E-state index is 0.0195. The van der Waals surface area contributed by atoms with E-state index in [1.54, 1.807) is 12.1 Å². The number of morpholine rings is 1. The monoisotopic (exact) mass is 449 g/mol. The standard InChI is InChI=1S/C19H18F3N7O3/c20-19(21,22)9-29-17-14(26-27-29)16(28-7-12-5-6-13(8-28)32-12)24-15(25-17)10-1-3-11(4-2-10)23-18(30)31/h1-4,12-13,23H,5-9H2,(H,30,31). The predicted molar refractivity (Wildman–Crippen MR) is 106 cm³/mol. The summed E-state index contributed by atoms with van der Waals surface area (Å²) in [5.74, 6) is 0.602. The number of carbonyl (C=O) groups is 1. The molecule has 2 aromatic heterocycles. The maximum absolute atomic E-state index is 13.1. The van der Waals surface area contributed by atoms with Crippen molar-refractivity contribution in [3.63, 3.8) is 0 Å². The molecule has 10 nitrogen and oxygen atoms in total. The van der Waals surface area contributed by atoms with Gasteiger partial charge in [0.15, 0.2) is 22.8 Å². The van der Waals surface area contributed by atoms with Crippen molar-refractivity contribution in [2.45, 2.75) is 37.8 Å². The van der Waals surface area contributed by atoms with Gasteiger partial charge in [-0.1, -0.05) is 5.21 Å². The molecule has 2 bridgehead atoms. The van der Waals surface area contributed by atoms with Crippen LogP contribution in [0, 0.1) is 0 Å². The van der Waals surface area contributed by atoms with Crippen LogP contribution in [-0.2, 0) is 11.3 Å². The number of benzene rings is 1. The minimum Gasteiger partial charge on any atom is -0.465 e. The van der Waals surface area contributed by atoms with Gasteiger partial charge in [-0.2, -0.15) is 13.2 Å². The summed E-state index contributed by atoms with van der Waals surface area (Å²) >= 11 is 0. The molecule has 2 aliphatic heterocycles. The van der Waals surface area contributed by atoms with Gasteiger partial charge in [0.05, 0.1) is 12.2 Å². The highest BCUT2D eigenvalue weighted by Gasteiger charge is 2.36. The molecule has 3 aromatic rings. The van der Waals surface area contributed by atoms with E-state index >= 15 is 0 Å². The molecule has 2 N–H and O–H groups in total. The molecular formula is C19H18F3N7O3. The molecule has 1 amide bonds. The summed E-state index contributed by atoms with van der Waals surface area (Å²) in [6.45, 7) is -0.222. The number of amides is 1. The summed E-state index contributed by atoms with van der Waals surface area (Å²) in [7, 11) is 0. The van der Waals surface area contributed by atoms with Gasteiger partial charge in [-0.25, -0.2) is 19.4 Å². The van der Waals surface area contributed by atoms with Crippen LogP contribution in [0.25, 0.3) is 22.6 Å². The molecule has 1 aromatic carbocycles. The molecule has 0 aliphatic carbocycles. The van der Waals surface area contributed by atoms with Crippen LogP contribution < -0.4 is 10.2 Å². The quantitative estimate of drug-likeness (QED) is 0.624. The molecule has 0 radical (unpaired) electrons. The van der Waals surface area contributed by atoms with Crippen LogP contribution in [-0.4, -0.2) is 67.6 Å². The topological polar surface area (TPSA) is 118 Å². The van der Waals surface area contributed by atoms with Gasteiger partial charge < -0.3 is 14.7 Å². The van der Waals surface area contributed by atoms with Crippen LogP contribution in [0.5, 0.6) is 0 Å². The lowest BCUT2D eigenvalue weighted by atomic mass is 10.2. The number of carboxylic acid groups (broad SMARTS) is 1. The zero-order chi connectivity index (χ0) is 22.5. The van der Waals surface area contributed by atoms with Gasteiger partial charge in [0, 0.05) is 24.3 Å². The SMILES string of the molecule is O=C(O)Nc1ccc(-c2nc(N3CC4CCC(C3)O4)c3nnn(CC(F)(F)F)c3n2)cc1. The number of fused-ring (bicyclic) bond motifs is 3. The van der Waals surface area contributed by atoms with E-state index in [2.05, 4.69) is 25.6 Å². The number of alkyl halides is 3. The molecule has 13 heteroatoms. The van der Waals surface area contributed by atoms with Crippen LogP contribution in [0.1, 0.15) is 12.8 Å². The molecule has 168 valence electrons. The Bertz CT molecular complexity index is 1150. The Labute approximate surface area is 179 Å². The number of rotatable bonds is 4. The summed E-state index contributed by atoms with van der Waals surface area (Å²) in [5, 5.41) is 18.7. The lowest BCUT2D eigenvalue weighted by molar-refractivity contribution is -0.142. The Kier molecular flexibility index (Phi) is 4.84. The van der Waals surface area contributed by atoms with E-state index in [9.17, 15) is 18.0 Å². The molecule has 2 atom stereocenters. The lowest BCUT2D eigenvalue weighted by Gasteiger charge is -2.33. The fourth-order valence-corrected chi connectivity index (χ4v) is 4.08. The van der Waals surface area contributed by atoms with E-state index in [1.807, 2.05) is 4.90 Å². The Hall–Kier alpha value is -3.48.